The Hall–Kier alpha value is -1.10. The molecule has 5 nitrogen and oxygen atoms in total. The molecule has 0 fully saturated rings. The lowest BCUT2D eigenvalue weighted by molar-refractivity contribution is -0.142. The van der Waals surface area contributed by atoms with Crippen molar-refractivity contribution in [2.24, 2.45) is 0 Å². The molecule has 0 bridgehead atoms. The zero-order valence-corrected chi connectivity index (χ0v) is 6.20. The lowest BCUT2D eigenvalue weighted by atomic mass is 10.3. The van der Waals surface area contributed by atoms with E-state index in [1.54, 1.807) is 6.92 Å². The Kier molecular flexibility index (Phi) is 4.21. The Morgan fingerprint density at radius 1 is 1.55 bits per heavy atom. The van der Waals surface area contributed by atoms with Crippen LogP contribution in [0.1, 0.15) is 13.3 Å². The average Bonchev–Trinajstić information content (AvgIpc) is 1.99. The molecule has 0 unspecified atom stereocenters. The molecule has 0 spiro atoms. The Labute approximate surface area is 64.0 Å². The summed E-state index contributed by atoms with van der Waals surface area (Å²) in [5, 5.41) is 18.9. The second kappa shape index (κ2) is 4.68. The van der Waals surface area contributed by atoms with Gasteiger partial charge in [0.25, 0.3) is 0 Å². The van der Waals surface area contributed by atoms with Crippen LogP contribution in [0.15, 0.2) is 0 Å². The molecule has 0 aliphatic carbocycles. The molecule has 64 valence electrons. The number of hydrogen-bond acceptors (Lipinski definition) is 3. The number of nitrogens with one attached hydrogen (secondary N) is 1. The lowest BCUT2D eigenvalue weighted by Gasteiger charge is -2.09. The normalized spacial score (nSPS) is 12.2. The summed E-state index contributed by atoms with van der Waals surface area (Å²) in [4.78, 5) is 20.8. The van der Waals surface area contributed by atoms with Crippen molar-refractivity contribution in [2.75, 3.05) is 6.61 Å². The van der Waals surface area contributed by atoms with Gasteiger partial charge in [-0.05, 0) is 0 Å². The van der Waals surface area contributed by atoms with Gasteiger partial charge in [-0.1, -0.05) is 6.92 Å². The first-order valence-electron chi connectivity index (χ1n) is 3.24. The lowest BCUT2D eigenvalue weighted by Crippen LogP contribution is -2.42. The zero-order valence-electron chi connectivity index (χ0n) is 6.20. The highest BCUT2D eigenvalue weighted by atomic mass is 16.4. The van der Waals surface area contributed by atoms with Gasteiger partial charge in [0.2, 0.25) is 5.91 Å². The molecular formula is C6H11NO4. The molecule has 3 N–H and O–H groups in total. The smallest absolute Gasteiger partial charge is 0.328 e. The predicted octanol–water partition coefficient (Wildman–Crippen LogP) is -1.04. The van der Waals surface area contributed by atoms with E-state index in [1.807, 2.05) is 0 Å². The largest absolute Gasteiger partial charge is 0.480 e. The summed E-state index contributed by atoms with van der Waals surface area (Å²) in [5.74, 6) is -1.61. The number of aliphatic hydroxyl groups excluding tert-OH is 1. The first-order valence-corrected chi connectivity index (χ1v) is 3.24. The summed E-state index contributed by atoms with van der Waals surface area (Å²) < 4.78 is 0. The SMILES string of the molecule is CCC(=O)N[C@@H](CO)C(=O)O. The van der Waals surface area contributed by atoms with Crippen LogP contribution in [0.5, 0.6) is 0 Å². The number of aliphatic carboxylic acids is 1. The molecule has 0 radical (unpaired) electrons. The zero-order chi connectivity index (χ0) is 8.85. The van der Waals surface area contributed by atoms with Crippen molar-refractivity contribution in [3.8, 4) is 0 Å². The van der Waals surface area contributed by atoms with Crippen molar-refractivity contribution >= 4 is 11.9 Å². The highest BCUT2D eigenvalue weighted by molar-refractivity contribution is 5.83. The summed E-state index contributed by atoms with van der Waals surface area (Å²) >= 11 is 0. The highest BCUT2D eigenvalue weighted by Gasteiger charge is 2.16. The summed E-state index contributed by atoms with van der Waals surface area (Å²) in [7, 11) is 0. The first kappa shape index (κ1) is 9.90. The van der Waals surface area contributed by atoms with Crippen LogP contribution in [0.4, 0.5) is 0 Å². The Morgan fingerprint density at radius 2 is 2.09 bits per heavy atom. The van der Waals surface area contributed by atoms with Crippen LogP contribution in [-0.2, 0) is 9.59 Å². The fourth-order valence-corrected chi connectivity index (χ4v) is 0.482. The van der Waals surface area contributed by atoms with Crippen molar-refractivity contribution < 1.29 is 19.8 Å². The molecule has 0 heterocycles. The number of carbonyl (C=O) groups is 2. The van der Waals surface area contributed by atoms with Crippen LogP contribution < -0.4 is 5.32 Å². The third-order valence-electron chi connectivity index (χ3n) is 1.14. The molecule has 0 rings (SSSR count). The van der Waals surface area contributed by atoms with Crippen molar-refractivity contribution in [3.05, 3.63) is 0 Å². The third-order valence-corrected chi connectivity index (χ3v) is 1.14. The van der Waals surface area contributed by atoms with Gasteiger partial charge in [0, 0.05) is 6.42 Å². The van der Waals surface area contributed by atoms with E-state index in [0.29, 0.717) is 0 Å². The number of aliphatic hydroxyl groups is 1. The molecule has 0 aliphatic heterocycles. The van der Waals surface area contributed by atoms with Gasteiger partial charge in [-0.3, -0.25) is 4.79 Å². The van der Waals surface area contributed by atoms with Crippen molar-refractivity contribution in [3.63, 3.8) is 0 Å². The fraction of sp³-hybridized carbons (Fsp3) is 0.667. The standard InChI is InChI=1S/C6H11NO4/c1-2-5(9)7-4(3-8)6(10)11/h4,8H,2-3H2,1H3,(H,7,9)(H,10,11)/t4-/m0/s1. The van der Waals surface area contributed by atoms with Gasteiger partial charge in [-0.25, -0.2) is 4.79 Å². The molecular weight excluding hydrogens is 150 g/mol. The quantitative estimate of drug-likeness (QED) is 0.491. The molecule has 0 aromatic heterocycles. The van der Waals surface area contributed by atoms with Gasteiger partial charge in [-0.2, -0.15) is 0 Å². The summed E-state index contributed by atoms with van der Waals surface area (Å²) in [5.41, 5.74) is 0. The number of amides is 1. The summed E-state index contributed by atoms with van der Waals surface area (Å²) in [6.07, 6.45) is 0.212. The van der Waals surface area contributed by atoms with E-state index in [-0.39, 0.29) is 12.3 Å². The van der Waals surface area contributed by atoms with Crippen LogP contribution in [0, 0.1) is 0 Å². The molecule has 0 aromatic carbocycles. The minimum atomic E-state index is -1.23. The molecule has 0 aliphatic rings. The van der Waals surface area contributed by atoms with Gasteiger partial charge in [0.05, 0.1) is 6.61 Å². The van der Waals surface area contributed by atoms with Gasteiger partial charge >= 0.3 is 5.97 Å². The average molecular weight is 161 g/mol. The topological polar surface area (TPSA) is 86.6 Å². The van der Waals surface area contributed by atoms with E-state index in [9.17, 15) is 9.59 Å². The number of carbonyl (C=O) groups excluding carboxylic acids is 1. The second-order valence-electron chi connectivity index (χ2n) is 1.99. The molecule has 0 saturated heterocycles. The van der Waals surface area contributed by atoms with Crippen LogP contribution in [0.3, 0.4) is 0 Å². The Morgan fingerprint density at radius 3 is 2.36 bits per heavy atom. The summed E-state index contributed by atoms with van der Waals surface area (Å²) in [6, 6.07) is -1.18. The minimum absolute atomic E-state index is 0.212. The van der Waals surface area contributed by atoms with E-state index in [2.05, 4.69) is 5.32 Å². The van der Waals surface area contributed by atoms with Crippen LogP contribution in [0.2, 0.25) is 0 Å². The second-order valence-corrected chi connectivity index (χ2v) is 1.99. The Bertz CT molecular complexity index is 157. The van der Waals surface area contributed by atoms with E-state index >= 15 is 0 Å². The van der Waals surface area contributed by atoms with Crippen molar-refractivity contribution in [1.29, 1.82) is 0 Å². The maximum Gasteiger partial charge on any atom is 0.328 e. The molecule has 0 aromatic rings. The van der Waals surface area contributed by atoms with E-state index in [1.165, 1.54) is 0 Å². The number of rotatable bonds is 4. The van der Waals surface area contributed by atoms with E-state index < -0.39 is 18.6 Å². The molecule has 5 heteroatoms. The summed E-state index contributed by atoms with van der Waals surface area (Å²) in [6.45, 7) is 1.02. The number of carboxylic acids is 1. The molecule has 11 heavy (non-hydrogen) atoms. The molecule has 0 saturated carbocycles. The van der Waals surface area contributed by atoms with Crippen molar-refractivity contribution in [2.45, 2.75) is 19.4 Å². The maximum absolute atomic E-state index is 10.6. The van der Waals surface area contributed by atoms with Gasteiger partial charge < -0.3 is 15.5 Å². The first-order chi connectivity index (χ1) is 5.11. The van der Waals surface area contributed by atoms with Crippen LogP contribution in [-0.4, -0.2) is 34.7 Å². The monoisotopic (exact) mass is 161 g/mol. The number of carboxylic acid groups (broad SMARTS) is 1. The fourth-order valence-electron chi connectivity index (χ4n) is 0.482. The molecule has 1 atom stereocenters. The molecule has 1 amide bonds. The predicted molar refractivity (Wildman–Crippen MR) is 36.9 cm³/mol. The third kappa shape index (κ3) is 3.57. The minimum Gasteiger partial charge on any atom is -0.480 e. The van der Waals surface area contributed by atoms with Gasteiger partial charge in [0.1, 0.15) is 6.04 Å². The van der Waals surface area contributed by atoms with Crippen LogP contribution >= 0.6 is 0 Å². The van der Waals surface area contributed by atoms with E-state index in [0.717, 1.165) is 0 Å². The van der Waals surface area contributed by atoms with Crippen LogP contribution in [0.25, 0.3) is 0 Å². The van der Waals surface area contributed by atoms with Gasteiger partial charge in [-0.15, -0.1) is 0 Å². The highest BCUT2D eigenvalue weighted by Crippen LogP contribution is 1.84. The van der Waals surface area contributed by atoms with Gasteiger partial charge in [0.15, 0.2) is 0 Å². The van der Waals surface area contributed by atoms with E-state index in [4.69, 9.17) is 10.2 Å². The van der Waals surface area contributed by atoms with Crippen molar-refractivity contribution in [1.82, 2.24) is 5.32 Å². The Balaban J connectivity index is 3.88. The number of hydrogen-bond donors (Lipinski definition) is 3. The maximum atomic E-state index is 10.6.